The lowest BCUT2D eigenvalue weighted by Crippen LogP contribution is -2.50. The molecule has 3 heteroatoms. The third kappa shape index (κ3) is 3.80. The number of nitrogens with one attached hydrogen (secondary N) is 1. The smallest absolute Gasteiger partial charge is 0.0906 e. The topological polar surface area (TPSA) is 41.5 Å². The van der Waals surface area contributed by atoms with E-state index in [0.29, 0.717) is 6.61 Å². The van der Waals surface area contributed by atoms with E-state index in [1.807, 2.05) is 37.3 Å². The lowest BCUT2D eigenvalue weighted by atomic mass is 9.91. The summed E-state index contributed by atoms with van der Waals surface area (Å²) in [6.45, 7) is 7.49. The first-order valence-electron chi connectivity index (χ1n) is 6.71. The molecule has 0 aliphatic carbocycles. The number of ether oxygens (including phenoxy) is 1. The highest BCUT2D eigenvalue weighted by atomic mass is 16.5. The number of likely N-dealkylation sites (N-methyl/N-ethyl adjacent to an activating group) is 1. The maximum atomic E-state index is 9.80. The molecule has 3 nitrogen and oxygen atoms in total. The van der Waals surface area contributed by atoms with Gasteiger partial charge in [0.15, 0.2) is 0 Å². The van der Waals surface area contributed by atoms with Crippen molar-refractivity contribution in [1.82, 2.24) is 5.32 Å². The average molecular weight is 251 g/mol. The van der Waals surface area contributed by atoms with E-state index in [1.54, 1.807) is 0 Å². The lowest BCUT2D eigenvalue weighted by molar-refractivity contribution is -0.00507. The van der Waals surface area contributed by atoms with Crippen molar-refractivity contribution in [3.8, 4) is 0 Å². The zero-order valence-electron chi connectivity index (χ0n) is 11.6. The third-order valence-corrected chi connectivity index (χ3v) is 3.30. The van der Waals surface area contributed by atoms with Crippen LogP contribution >= 0.6 is 0 Å². The standard InChI is InChI=1S/C15H25NO2/c1-4-13(3)18-12-15(11-17,16-5-2)14-9-7-6-8-10-14/h6-10,13,16-17H,4-5,11-12H2,1-3H3. The number of aliphatic hydroxyl groups excluding tert-OH is 1. The van der Waals surface area contributed by atoms with E-state index in [-0.39, 0.29) is 12.7 Å². The van der Waals surface area contributed by atoms with Gasteiger partial charge in [-0.2, -0.15) is 0 Å². The average Bonchev–Trinajstić information content (AvgIpc) is 2.44. The number of hydrogen-bond donors (Lipinski definition) is 2. The Morgan fingerprint density at radius 1 is 1.28 bits per heavy atom. The zero-order chi connectivity index (χ0) is 13.4. The molecular formula is C15H25NO2. The molecule has 0 saturated heterocycles. The van der Waals surface area contributed by atoms with Gasteiger partial charge >= 0.3 is 0 Å². The van der Waals surface area contributed by atoms with E-state index in [1.165, 1.54) is 0 Å². The fraction of sp³-hybridized carbons (Fsp3) is 0.600. The molecule has 102 valence electrons. The van der Waals surface area contributed by atoms with Gasteiger partial charge in [-0.05, 0) is 25.5 Å². The number of benzene rings is 1. The van der Waals surface area contributed by atoms with Gasteiger partial charge in [0.1, 0.15) is 0 Å². The second kappa shape index (κ2) is 7.52. The summed E-state index contributed by atoms with van der Waals surface area (Å²) in [5.41, 5.74) is 0.567. The van der Waals surface area contributed by atoms with Gasteiger partial charge in [-0.3, -0.25) is 0 Å². The highest BCUT2D eigenvalue weighted by Crippen LogP contribution is 2.22. The molecule has 2 atom stereocenters. The molecule has 0 fully saturated rings. The Bertz CT molecular complexity index is 329. The normalized spacial score (nSPS) is 16.2. The van der Waals surface area contributed by atoms with Crippen molar-refractivity contribution in [2.24, 2.45) is 0 Å². The molecule has 0 aromatic heterocycles. The van der Waals surface area contributed by atoms with Crippen molar-refractivity contribution < 1.29 is 9.84 Å². The van der Waals surface area contributed by atoms with Crippen LogP contribution in [0.3, 0.4) is 0 Å². The lowest BCUT2D eigenvalue weighted by Gasteiger charge is -2.34. The van der Waals surface area contributed by atoms with Gasteiger partial charge in [0.25, 0.3) is 0 Å². The maximum Gasteiger partial charge on any atom is 0.0906 e. The molecule has 1 aromatic carbocycles. The predicted molar refractivity (Wildman–Crippen MR) is 74.6 cm³/mol. The highest BCUT2D eigenvalue weighted by Gasteiger charge is 2.31. The fourth-order valence-corrected chi connectivity index (χ4v) is 1.93. The Hall–Kier alpha value is -0.900. The number of rotatable bonds is 8. The van der Waals surface area contributed by atoms with E-state index in [4.69, 9.17) is 4.74 Å². The Morgan fingerprint density at radius 2 is 1.94 bits per heavy atom. The fourth-order valence-electron chi connectivity index (χ4n) is 1.93. The van der Waals surface area contributed by atoms with Gasteiger partial charge in [0, 0.05) is 0 Å². The van der Waals surface area contributed by atoms with Crippen LogP contribution in [-0.2, 0) is 10.3 Å². The highest BCUT2D eigenvalue weighted by molar-refractivity contribution is 5.25. The Labute approximate surface area is 110 Å². The molecule has 0 amide bonds. The molecule has 0 aliphatic rings. The van der Waals surface area contributed by atoms with Crippen LogP contribution in [0.5, 0.6) is 0 Å². The summed E-state index contributed by atoms with van der Waals surface area (Å²) in [7, 11) is 0. The summed E-state index contributed by atoms with van der Waals surface area (Å²) < 4.78 is 5.83. The van der Waals surface area contributed by atoms with Gasteiger partial charge in [-0.15, -0.1) is 0 Å². The number of aliphatic hydroxyl groups is 1. The first kappa shape index (κ1) is 15.2. The quantitative estimate of drug-likeness (QED) is 0.745. The van der Waals surface area contributed by atoms with Crippen LogP contribution in [0.1, 0.15) is 32.8 Å². The van der Waals surface area contributed by atoms with E-state index in [2.05, 4.69) is 19.2 Å². The first-order valence-corrected chi connectivity index (χ1v) is 6.71. The summed E-state index contributed by atoms with van der Waals surface area (Å²) >= 11 is 0. The van der Waals surface area contributed by atoms with Gasteiger partial charge in [-0.25, -0.2) is 0 Å². The van der Waals surface area contributed by atoms with Gasteiger partial charge in [0.05, 0.1) is 24.9 Å². The summed E-state index contributed by atoms with van der Waals surface area (Å²) in [6, 6.07) is 10.0. The van der Waals surface area contributed by atoms with Crippen molar-refractivity contribution in [2.75, 3.05) is 19.8 Å². The summed E-state index contributed by atoms with van der Waals surface area (Å²) in [5, 5.41) is 13.2. The van der Waals surface area contributed by atoms with Crippen molar-refractivity contribution >= 4 is 0 Å². The largest absolute Gasteiger partial charge is 0.394 e. The van der Waals surface area contributed by atoms with E-state index in [0.717, 1.165) is 18.5 Å². The Kier molecular flexibility index (Phi) is 6.33. The van der Waals surface area contributed by atoms with Crippen LogP contribution in [0.15, 0.2) is 30.3 Å². The summed E-state index contributed by atoms with van der Waals surface area (Å²) in [4.78, 5) is 0. The summed E-state index contributed by atoms with van der Waals surface area (Å²) in [6.07, 6.45) is 1.18. The third-order valence-electron chi connectivity index (χ3n) is 3.30. The van der Waals surface area contributed by atoms with Gasteiger partial charge in [-0.1, -0.05) is 44.2 Å². The molecule has 0 saturated carbocycles. The second-order valence-electron chi connectivity index (χ2n) is 4.67. The van der Waals surface area contributed by atoms with E-state index < -0.39 is 5.54 Å². The van der Waals surface area contributed by atoms with Crippen LogP contribution in [0.2, 0.25) is 0 Å². The monoisotopic (exact) mass is 251 g/mol. The van der Waals surface area contributed by atoms with Crippen LogP contribution < -0.4 is 5.32 Å². The molecule has 18 heavy (non-hydrogen) atoms. The molecule has 0 bridgehead atoms. The minimum atomic E-state index is -0.501. The van der Waals surface area contributed by atoms with Crippen LogP contribution in [-0.4, -0.2) is 31.0 Å². The molecule has 0 aliphatic heterocycles. The molecule has 0 heterocycles. The van der Waals surface area contributed by atoms with Crippen LogP contribution in [0.4, 0.5) is 0 Å². The molecular weight excluding hydrogens is 226 g/mol. The molecule has 2 unspecified atom stereocenters. The minimum Gasteiger partial charge on any atom is -0.394 e. The Morgan fingerprint density at radius 3 is 2.44 bits per heavy atom. The van der Waals surface area contributed by atoms with Crippen LogP contribution in [0.25, 0.3) is 0 Å². The maximum absolute atomic E-state index is 9.80. The number of hydrogen-bond acceptors (Lipinski definition) is 3. The van der Waals surface area contributed by atoms with Gasteiger partial charge in [0.2, 0.25) is 0 Å². The SMILES string of the molecule is CCNC(CO)(COC(C)CC)c1ccccc1. The Balaban J connectivity index is 2.87. The van der Waals surface area contributed by atoms with E-state index in [9.17, 15) is 5.11 Å². The van der Waals surface area contributed by atoms with Crippen molar-refractivity contribution in [1.29, 1.82) is 0 Å². The van der Waals surface area contributed by atoms with E-state index >= 15 is 0 Å². The van der Waals surface area contributed by atoms with Gasteiger partial charge < -0.3 is 15.2 Å². The molecule has 2 N–H and O–H groups in total. The van der Waals surface area contributed by atoms with Crippen molar-refractivity contribution in [3.63, 3.8) is 0 Å². The first-order chi connectivity index (χ1) is 8.68. The zero-order valence-corrected chi connectivity index (χ0v) is 11.6. The van der Waals surface area contributed by atoms with Crippen molar-refractivity contribution in [3.05, 3.63) is 35.9 Å². The molecule has 0 spiro atoms. The summed E-state index contributed by atoms with van der Waals surface area (Å²) in [5.74, 6) is 0. The molecule has 0 radical (unpaired) electrons. The molecule has 1 rings (SSSR count). The van der Waals surface area contributed by atoms with Crippen LogP contribution in [0, 0.1) is 0 Å². The second-order valence-corrected chi connectivity index (χ2v) is 4.67. The predicted octanol–water partition coefficient (Wildman–Crippen LogP) is 2.30. The minimum absolute atomic E-state index is 0.0291. The molecule has 1 aromatic rings. The van der Waals surface area contributed by atoms with Crippen molar-refractivity contribution in [2.45, 2.75) is 38.8 Å².